The summed E-state index contributed by atoms with van der Waals surface area (Å²) in [5.74, 6) is 2.04. The molecule has 1 aromatic carbocycles. The Morgan fingerprint density at radius 3 is 2.70 bits per heavy atom. The van der Waals surface area contributed by atoms with Crippen LogP contribution in [0.4, 0.5) is 0 Å². The molecule has 2 aliphatic rings. The molecule has 20 heavy (non-hydrogen) atoms. The molecule has 4 unspecified atom stereocenters. The minimum atomic E-state index is -0.345. The fraction of sp³-hybridized carbons (Fsp3) is 0.471. The molecule has 3 heteroatoms. The van der Waals surface area contributed by atoms with Gasteiger partial charge in [0.15, 0.2) is 0 Å². The molecule has 0 radical (unpaired) electrons. The largest absolute Gasteiger partial charge is 0.388 e. The molecule has 2 aliphatic carbocycles. The Kier molecular flexibility index (Phi) is 2.88. The van der Waals surface area contributed by atoms with Crippen LogP contribution in [0.5, 0.6) is 0 Å². The SMILES string of the molecule is OC(c1cnn(-c2ccccc2)c1)C1CC2CCC1C2. The highest BCUT2D eigenvalue weighted by atomic mass is 16.3. The van der Waals surface area contributed by atoms with E-state index < -0.39 is 0 Å². The fourth-order valence-electron chi connectivity index (χ4n) is 4.14. The van der Waals surface area contributed by atoms with Crippen LogP contribution in [0.25, 0.3) is 5.69 Å². The number of aromatic nitrogens is 2. The molecule has 0 saturated heterocycles. The second kappa shape index (κ2) is 4.74. The van der Waals surface area contributed by atoms with Crippen LogP contribution in [0.1, 0.15) is 37.4 Å². The summed E-state index contributed by atoms with van der Waals surface area (Å²) in [6, 6.07) is 10.1. The summed E-state index contributed by atoms with van der Waals surface area (Å²) in [4.78, 5) is 0. The minimum Gasteiger partial charge on any atom is -0.388 e. The van der Waals surface area contributed by atoms with Gasteiger partial charge in [-0.1, -0.05) is 24.6 Å². The Morgan fingerprint density at radius 2 is 2.00 bits per heavy atom. The molecule has 3 nitrogen and oxygen atoms in total. The monoisotopic (exact) mass is 268 g/mol. The summed E-state index contributed by atoms with van der Waals surface area (Å²) in [6.45, 7) is 0. The zero-order valence-corrected chi connectivity index (χ0v) is 11.5. The molecule has 0 amide bonds. The van der Waals surface area contributed by atoms with Gasteiger partial charge in [-0.3, -0.25) is 0 Å². The molecular formula is C17H20N2O. The topological polar surface area (TPSA) is 38.1 Å². The highest BCUT2D eigenvalue weighted by molar-refractivity contribution is 5.31. The number of aliphatic hydroxyl groups is 1. The Labute approximate surface area is 119 Å². The van der Waals surface area contributed by atoms with Crippen LogP contribution in [0, 0.1) is 17.8 Å². The number of nitrogens with zero attached hydrogens (tertiary/aromatic N) is 2. The number of rotatable bonds is 3. The molecule has 1 heterocycles. The summed E-state index contributed by atoms with van der Waals surface area (Å²) < 4.78 is 1.85. The Hall–Kier alpha value is -1.61. The van der Waals surface area contributed by atoms with Gasteiger partial charge in [-0.2, -0.15) is 5.10 Å². The van der Waals surface area contributed by atoms with Crippen molar-refractivity contribution in [2.45, 2.75) is 31.8 Å². The van der Waals surface area contributed by atoms with Gasteiger partial charge in [-0.25, -0.2) is 4.68 Å². The molecule has 2 saturated carbocycles. The number of para-hydroxylation sites is 1. The van der Waals surface area contributed by atoms with Gasteiger partial charge in [-0.15, -0.1) is 0 Å². The molecule has 1 aromatic heterocycles. The third kappa shape index (κ3) is 1.97. The van der Waals surface area contributed by atoms with Crippen LogP contribution >= 0.6 is 0 Å². The van der Waals surface area contributed by atoms with Crippen molar-refractivity contribution >= 4 is 0 Å². The maximum absolute atomic E-state index is 10.6. The van der Waals surface area contributed by atoms with Gasteiger partial charge >= 0.3 is 0 Å². The first kappa shape index (κ1) is 12.2. The predicted octanol–water partition coefficient (Wildman–Crippen LogP) is 3.34. The molecular weight excluding hydrogens is 248 g/mol. The molecule has 2 aromatic rings. The van der Waals surface area contributed by atoms with Crippen LogP contribution in [0.2, 0.25) is 0 Å². The predicted molar refractivity (Wildman–Crippen MR) is 77.5 cm³/mol. The van der Waals surface area contributed by atoms with Crippen molar-refractivity contribution in [3.63, 3.8) is 0 Å². The van der Waals surface area contributed by atoms with Crippen LogP contribution in [0.3, 0.4) is 0 Å². The van der Waals surface area contributed by atoms with E-state index in [2.05, 4.69) is 5.10 Å². The van der Waals surface area contributed by atoms with E-state index in [-0.39, 0.29) is 6.10 Å². The summed E-state index contributed by atoms with van der Waals surface area (Å²) in [6.07, 6.45) is 8.66. The lowest BCUT2D eigenvalue weighted by molar-refractivity contribution is 0.0745. The highest BCUT2D eigenvalue weighted by Gasteiger charge is 2.43. The van der Waals surface area contributed by atoms with Crippen molar-refractivity contribution in [1.82, 2.24) is 9.78 Å². The van der Waals surface area contributed by atoms with E-state index in [1.165, 1.54) is 25.7 Å². The number of hydrogen-bond donors (Lipinski definition) is 1. The van der Waals surface area contributed by atoms with Crippen molar-refractivity contribution in [2.24, 2.45) is 17.8 Å². The van der Waals surface area contributed by atoms with Crippen LogP contribution < -0.4 is 0 Å². The van der Waals surface area contributed by atoms with E-state index in [0.29, 0.717) is 5.92 Å². The molecule has 4 atom stereocenters. The van der Waals surface area contributed by atoms with E-state index in [4.69, 9.17) is 0 Å². The average Bonchev–Trinajstić information content (AvgIpc) is 3.23. The number of benzene rings is 1. The number of hydrogen-bond acceptors (Lipinski definition) is 2. The lowest BCUT2D eigenvalue weighted by Crippen LogP contribution is -2.18. The van der Waals surface area contributed by atoms with E-state index >= 15 is 0 Å². The molecule has 104 valence electrons. The summed E-state index contributed by atoms with van der Waals surface area (Å²) in [7, 11) is 0. The summed E-state index contributed by atoms with van der Waals surface area (Å²) >= 11 is 0. The van der Waals surface area contributed by atoms with Gasteiger partial charge in [-0.05, 0) is 49.1 Å². The first-order valence-corrected chi connectivity index (χ1v) is 7.59. The Balaban J connectivity index is 1.56. The van der Waals surface area contributed by atoms with Crippen molar-refractivity contribution in [3.8, 4) is 5.69 Å². The van der Waals surface area contributed by atoms with Crippen LogP contribution in [0.15, 0.2) is 42.7 Å². The van der Waals surface area contributed by atoms with Gasteiger partial charge < -0.3 is 5.11 Å². The first-order chi connectivity index (χ1) is 9.81. The zero-order valence-electron chi connectivity index (χ0n) is 11.5. The standard InChI is InChI=1S/C17H20N2O/c20-17(16-9-12-6-7-13(16)8-12)14-10-18-19(11-14)15-4-2-1-3-5-15/h1-5,10-13,16-17,20H,6-9H2. The summed E-state index contributed by atoms with van der Waals surface area (Å²) in [5.41, 5.74) is 2.00. The maximum Gasteiger partial charge on any atom is 0.0851 e. The van der Waals surface area contributed by atoms with Crippen molar-refractivity contribution in [3.05, 3.63) is 48.3 Å². The average molecular weight is 268 g/mol. The molecule has 1 N–H and O–H groups in total. The third-order valence-electron chi connectivity index (χ3n) is 5.16. The van der Waals surface area contributed by atoms with Crippen molar-refractivity contribution in [1.29, 1.82) is 0 Å². The quantitative estimate of drug-likeness (QED) is 0.927. The van der Waals surface area contributed by atoms with Gasteiger partial charge in [0.25, 0.3) is 0 Å². The fourth-order valence-corrected chi connectivity index (χ4v) is 4.14. The Morgan fingerprint density at radius 1 is 1.15 bits per heavy atom. The maximum atomic E-state index is 10.6. The zero-order chi connectivity index (χ0) is 13.5. The lowest BCUT2D eigenvalue weighted by atomic mass is 9.83. The van der Waals surface area contributed by atoms with E-state index in [9.17, 15) is 5.11 Å². The molecule has 0 aliphatic heterocycles. The minimum absolute atomic E-state index is 0.345. The van der Waals surface area contributed by atoms with Crippen molar-refractivity contribution < 1.29 is 5.11 Å². The normalized spacial score (nSPS) is 29.8. The highest BCUT2D eigenvalue weighted by Crippen LogP contribution is 2.52. The van der Waals surface area contributed by atoms with E-state index in [0.717, 1.165) is 23.1 Å². The number of aliphatic hydroxyl groups excluding tert-OH is 1. The summed E-state index contributed by atoms with van der Waals surface area (Å²) in [5, 5.41) is 15.0. The second-order valence-corrected chi connectivity index (χ2v) is 6.34. The smallest absolute Gasteiger partial charge is 0.0851 e. The van der Waals surface area contributed by atoms with E-state index in [1.54, 1.807) is 0 Å². The van der Waals surface area contributed by atoms with Crippen LogP contribution in [-0.2, 0) is 0 Å². The molecule has 4 rings (SSSR count). The molecule has 2 fully saturated rings. The van der Waals surface area contributed by atoms with Crippen LogP contribution in [-0.4, -0.2) is 14.9 Å². The lowest BCUT2D eigenvalue weighted by Gasteiger charge is -2.25. The van der Waals surface area contributed by atoms with Gasteiger partial charge in [0.2, 0.25) is 0 Å². The second-order valence-electron chi connectivity index (χ2n) is 6.34. The van der Waals surface area contributed by atoms with E-state index in [1.807, 2.05) is 47.4 Å². The Bertz CT molecular complexity index is 592. The van der Waals surface area contributed by atoms with Gasteiger partial charge in [0.05, 0.1) is 18.0 Å². The van der Waals surface area contributed by atoms with Gasteiger partial charge in [0.1, 0.15) is 0 Å². The molecule has 0 spiro atoms. The third-order valence-corrected chi connectivity index (χ3v) is 5.16. The number of fused-ring (bicyclic) bond motifs is 2. The van der Waals surface area contributed by atoms with Crippen molar-refractivity contribution in [2.75, 3.05) is 0 Å². The van der Waals surface area contributed by atoms with Gasteiger partial charge in [0, 0.05) is 11.8 Å². The molecule has 2 bridgehead atoms. The first-order valence-electron chi connectivity index (χ1n) is 7.59.